The average Bonchev–Trinajstić information content (AvgIpc) is 2.67. The maximum Gasteiger partial charge on any atom is 0.336 e. The molecule has 2 heterocycles. The molecule has 1 N–H and O–H groups in total. The normalized spacial score (nSPS) is 17.0. The molecule has 134 valence electrons. The highest BCUT2D eigenvalue weighted by molar-refractivity contribution is 5.97. The van der Waals surface area contributed by atoms with Crippen LogP contribution in [0.2, 0.25) is 0 Å². The number of pyridine rings is 1. The predicted molar refractivity (Wildman–Crippen MR) is 100 cm³/mol. The van der Waals surface area contributed by atoms with Gasteiger partial charge in [0.1, 0.15) is 5.75 Å². The number of aromatic nitrogens is 1. The number of hydrogen-bond acceptors (Lipinski definition) is 5. The van der Waals surface area contributed by atoms with Gasteiger partial charge in [-0.1, -0.05) is 24.3 Å². The first-order chi connectivity index (χ1) is 12.6. The van der Waals surface area contributed by atoms with Crippen LogP contribution in [0.1, 0.15) is 30.9 Å². The SMILES string of the molecule is COC(=O)C1=C(C)NC(C)=C(c2cccnc2)C1c1ccccc1OC. The first-order valence-corrected chi connectivity index (χ1v) is 8.38. The van der Waals surface area contributed by atoms with E-state index in [0.29, 0.717) is 5.57 Å². The van der Waals surface area contributed by atoms with Crippen LogP contribution in [0.15, 0.2) is 65.8 Å². The van der Waals surface area contributed by atoms with Gasteiger partial charge in [-0.3, -0.25) is 4.98 Å². The van der Waals surface area contributed by atoms with Crippen molar-refractivity contribution < 1.29 is 14.3 Å². The molecule has 1 aromatic carbocycles. The van der Waals surface area contributed by atoms with Crippen LogP contribution in [0.4, 0.5) is 0 Å². The van der Waals surface area contributed by atoms with Gasteiger partial charge in [-0.15, -0.1) is 0 Å². The van der Waals surface area contributed by atoms with E-state index < -0.39 is 0 Å². The molecule has 1 aromatic heterocycles. The van der Waals surface area contributed by atoms with Crippen LogP contribution < -0.4 is 10.1 Å². The number of hydrogen-bond donors (Lipinski definition) is 1. The van der Waals surface area contributed by atoms with Gasteiger partial charge in [0.25, 0.3) is 0 Å². The zero-order chi connectivity index (χ0) is 18.7. The molecule has 0 amide bonds. The monoisotopic (exact) mass is 350 g/mol. The summed E-state index contributed by atoms with van der Waals surface area (Å²) in [5.41, 5.74) is 5.16. The summed E-state index contributed by atoms with van der Waals surface area (Å²) in [6, 6.07) is 11.6. The van der Waals surface area contributed by atoms with E-state index in [0.717, 1.165) is 33.8 Å². The Labute approximate surface area is 153 Å². The zero-order valence-corrected chi connectivity index (χ0v) is 15.4. The smallest absolute Gasteiger partial charge is 0.336 e. The van der Waals surface area contributed by atoms with Gasteiger partial charge in [0.15, 0.2) is 0 Å². The third-order valence-corrected chi connectivity index (χ3v) is 4.59. The topological polar surface area (TPSA) is 60.5 Å². The molecular weight excluding hydrogens is 328 g/mol. The quantitative estimate of drug-likeness (QED) is 0.853. The third kappa shape index (κ3) is 3.08. The molecule has 1 aliphatic heterocycles. The van der Waals surface area contributed by atoms with Crippen LogP contribution in [0, 0.1) is 0 Å². The molecule has 3 rings (SSSR count). The lowest BCUT2D eigenvalue weighted by molar-refractivity contribution is -0.136. The predicted octanol–water partition coefficient (Wildman–Crippen LogP) is 3.66. The van der Waals surface area contributed by atoms with Crippen molar-refractivity contribution in [2.45, 2.75) is 19.8 Å². The fourth-order valence-electron chi connectivity index (χ4n) is 3.50. The molecule has 1 unspecified atom stereocenters. The van der Waals surface area contributed by atoms with Gasteiger partial charge in [0.05, 0.1) is 19.8 Å². The molecule has 5 nitrogen and oxygen atoms in total. The number of carbonyl (C=O) groups is 1. The van der Waals surface area contributed by atoms with Gasteiger partial charge in [-0.2, -0.15) is 0 Å². The summed E-state index contributed by atoms with van der Waals surface area (Å²) in [5, 5.41) is 3.32. The molecule has 0 saturated carbocycles. The summed E-state index contributed by atoms with van der Waals surface area (Å²) in [7, 11) is 3.03. The molecule has 26 heavy (non-hydrogen) atoms. The van der Waals surface area contributed by atoms with Crippen molar-refractivity contribution in [2.75, 3.05) is 14.2 Å². The van der Waals surface area contributed by atoms with E-state index in [2.05, 4.69) is 10.3 Å². The van der Waals surface area contributed by atoms with Crippen molar-refractivity contribution in [3.05, 3.63) is 76.9 Å². The molecular formula is C21H22N2O3. The van der Waals surface area contributed by atoms with E-state index in [1.165, 1.54) is 7.11 Å². The number of esters is 1. The number of nitrogens with zero attached hydrogens (tertiary/aromatic N) is 1. The van der Waals surface area contributed by atoms with Gasteiger partial charge >= 0.3 is 5.97 Å². The molecule has 0 spiro atoms. The molecule has 0 radical (unpaired) electrons. The lowest BCUT2D eigenvalue weighted by Gasteiger charge is -2.32. The lowest BCUT2D eigenvalue weighted by atomic mass is 9.77. The molecule has 0 fully saturated rings. The van der Waals surface area contributed by atoms with E-state index in [4.69, 9.17) is 9.47 Å². The summed E-state index contributed by atoms with van der Waals surface area (Å²) < 4.78 is 10.7. The van der Waals surface area contributed by atoms with Crippen molar-refractivity contribution in [1.29, 1.82) is 0 Å². The summed E-state index contributed by atoms with van der Waals surface area (Å²) in [6.45, 7) is 3.89. The number of methoxy groups -OCH3 is 2. The van der Waals surface area contributed by atoms with E-state index in [1.54, 1.807) is 19.5 Å². The Balaban J connectivity index is 2.28. The van der Waals surface area contributed by atoms with Crippen molar-refractivity contribution in [1.82, 2.24) is 10.3 Å². The van der Waals surface area contributed by atoms with Crippen molar-refractivity contribution in [3.8, 4) is 5.75 Å². The van der Waals surface area contributed by atoms with Gasteiger partial charge in [0, 0.05) is 35.3 Å². The van der Waals surface area contributed by atoms with Crippen LogP contribution in [-0.4, -0.2) is 25.2 Å². The fourth-order valence-corrected chi connectivity index (χ4v) is 3.50. The average molecular weight is 350 g/mol. The van der Waals surface area contributed by atoms with Crippen molar-refractivity contribution in [2.24, 2.45) is 0 Å². The summed E-state index contributed by atoms with van der Waals surface area (Å²) in [5.74, 6) is 0.0478. The number of rotatable bonds is 4. The zero-order valence-electron chi connectivity index (χ0n) is 15.4. The Bertz CT molecular complexity index is 885. The first kappa shape index (κ1) is 17.7. The number of allylic oxidation sites excluding steroid dienone is 3. The maximum absolute atomic E-state index is 12.6. The summed E-state index contributed by atoms with van der Waals surface area (Å²) in [4.78, 5) is 16.9. The number of dihydropyridines is 1. The highest BCUT2D eigenvalue weighted by Crippen LogP contribution is 2.46. The molecule has 0 bridgehead atoms. The van der Waals surface area contributed by atoms with Gasteiger partial charge < -0.3 is 14.8 Å². The minimum absolute atomic E-state index is 0.316. The minimum atomic E-state index is -0.361. The number of benzene rings is 1. The summed E-state index contributed by atoms with van der Waals surface area (Å²) in [6.07, 6.45) is 3.54. The first-order valence-electron chi connectivity index (χ1n) is 8.38. The Morgan fingerprint density at radius 1 is 1.08 bits per heavy atom. The van der Waals surface area contributed by atoms with Crippen LogP contribution in [0.5, 0.6) is 5.75 Å². The van der Waals surface area contributed by atoms with Crippen LogP contribution >= 0.6 is 0 Å². The highest BCUT2D eigenvalue weighted by Gasteiger charge is 2.35. The second-order valence-corrected chi connectivity index (χ2v) is 6.11. The maximum atomic E-state index is 12.6. The molecule has 2 aromatic rings. The lowest BCUT2D eigenvalue weighted by Crippen LogP contribution is -2.28. The molecule has 0 saturated heterocycles. The number of ether oxygens (including phenoxy) is 2. The Kier molecular flexibility index (Phi) is 5.07. The Morgan fingerprint density at radius 3 is 2.50 bits per heavy atom. The summed E-state index contributed by atoms with van der Waals surface area (Å²) >= 11 is 0. The van der Waals surface area contributed by atoms with Gasteiger partial charge in [-0.25, -0.2) is 4.79 Å². The molecule has 0 aliphatic carbocycles. The number of para-hydroxylation sites is 1. The van der Waals surface area contributed by atoms with E-state index in [9.17, 15) is 4.79 Å². The minimum Gasteiger partial charge on any atom is -0.496 e. The molecule has 5 heteroatoms. The Hall–Kier alpha value is -3.08. The van der Waals surface area contributed by atoms with Gasteiger partial charge in [0.2, 0.25) is 0 Å². The second kappa shape index (κ2) is 7.44. The van der Waals surface area contributed by atoms with Crippen LogP contribution in [-0.2, 0) is 9.53 Å². The van der Waals surface area contributed by atoms with Crippen LogP contribution in [0.25, 0.3) is 5.57 Å². The second-order valence-electron chi connectivity index (χ2n) is 6.11. The number of nitrogens with one attached hydrogen (secondary N) is 1. The Morgan fingerprint density at radius 2 is 1.85 bits per heavy atom. The van der Waals surface area contributed by atoms with Crippen molar-refractivity contribution >= 4 is 11.5 Å². The van der Waals surface area contributed by atoms with E-state index in [1.807, 2.05) is 50.2 Å². The van der Waals surface area contributed by atoms with E-state index in [-0.39, 0.29) is 11.9 Å². The van der Waals surface area contributed by atoms with Gasteiger partial charge in [-0.05, 0) is 37.1 Å². The fraction of sp³-hybridized carbons (Fsp3) is 0.238. The van der Waals surface area contributed by atoms with Crippen LogP contribution in [0.3, 0.4) is 0 Å². The highest BCUT2D eigenvalue weighted by atomic mass is 16.5. The third-order valence-electron chi connectivity index (χ3n) is 4.59. The largest absolute Gasteiger partial charge is 0.496 e. The van der Waals surface area contributed by atoms with Crippen molar-refractivity contribution in [3.63, 3.8) is 0 Å². The standard InChI is InChI=1S/C21H22N2O3/c1-13-18(15-8-7-11-22-12-15)20(16-9-5-6-10-17(16)25-3)19(14(2)23-13)21(24)26-4/h5-12,20,23H,1-4H3. The molecule has 1 aliphatic rings. The molecule has 1 atom stereocenters. The number of carbonyl (C=O) groups excluding carboxylic acids is 1. The van der Waals surface area contributed by atoms with E-state index >= 15 is 0 Å².